The maximum absolute atomic E-state index is 12.0. The van der Waals surface area contributed by atoms with Gasteiger partial charge < -0.3 is 15.2 Å². The smallest absolute Gasteiger partial charge is 0.308 e. The maximum atomic E-state index is 12.0. The number of nitrogens with one attached hydrogen (secondary N) is 1. The molecule has 0 heterocycles. The van der Waals surface area contributed by atoms with Gasteiger partial charge >= 0.3 is 5.97 Å². The molecular formula is C17H21NO4. The van der Waals surface area contributed by atoms with E-state index in [0.717, 1.165) is 18.4 Å². The largest absolute Gasteiger partial charge is 0.496 e. The van der Waals surface area contributed by atoms with E-state index < -0.39 is 11.9 Å². The van der Waals surface area contributed by atoms with Crippen LogP contribution in [0.15, 0.2) is 36.4 Å². The lowest BCUT2D eigenvalue weighted by atomic mass is 9.98. The van der Waals surface area contributed by atoms with Crippen molar-refractivity contribution < 1.29 is 19.4 Å². The molecule has 0 bridgehead atoms. The summed E-state index contributed by atoms with van der Waals surface area (Å²) in [6.45, 7) is 0.128. The van der Waals surface area contributed by atoms with Crippen LogP contribution >= 0.6 is 0 Å². The molecule has 0 unspecified atom stereocenters. The van der Waals surface area contributed by atoms with Gasteiger partial charge in [0.15, 0.2) is 0 Å². The molecule has 5 heteroatoms. The Balaban J connectivity index is 1.95. The number of carbonyl (C=O) groups excluding carboxylic acids is 1. The highest BCUT2D eigenvalue weighted by Gasteiger charge is 2.23. The molecule has 2 N–H and O–H groups in total. The zero-order valence-corrected chi connectivity index (χ0v) is 12.6. The summed E-state index contributed by atoms with van der Waals surface area (Å²) in [5.74, 6) is -1.05. The zero-order chi connectivity index (χ0) is 15.9. The molecule has 1 aromatic rings. The third-order valence-corrected chi connectivity index (χ3v) is 3.91. The van der Waals surface area contributed by atoms with E-state index in [2.05, 4.69) is 5.32 Å². The van der Waals surface area contributed by atoms with Gasteiger partial charge in [-0.3, -0.25) is 9.59 Å². The van der Waals surface area contributed by atoms with Crippen LogP contribution in [0.1, 0.15) is 18.4 Å². The molecule has 1 aliphatic carbocycles. The number of para-hydroxylation sites is 1. The fraction of sp³-hybridized carbons (Fsp3) is 0.412. The molecule has 1 atom stereocenters. The van der Waals surface area contributed by atoms with Crippen LogP contribution in [-0.2, 0) is 16.0 Å². The number of carboxylic acids is 1. The number of carboxylic acid groups (broad SMARTS) is 1. The lowest BCUT2D eigenvalue weighted by Crippen LogP contribution is -2.37. The number of hydrogen-bond acceptors (Lipinski definition) is 3. The fourth-order valence-electron chi connectivity index (χ4n) is 2.58. The van der Waals surface area contributed by atoms with E-state index in [-0.39, 0.29) is 18.4 Å². The van der Waals surface area contributed by atoms with Crippen molar-refractivity contribution in [1.29, 1.82) is 0 Å². The van der Waals surface area contributed by atoms with Crippen LogP contribution in [0, 0.1) is 11.8 Å². The Morgan fingerprint density at radius 1 is 1.32 bits per heavy atom. The SMILES string of the molecule is COc1ccccc1C[C@@H](CNC(=O)C1CC=CC1)C(=O)O. The molecule has 0 fully saturated rings. The number of methoxy groups -OCH3 is 1. The molecule has 0 radical (unpaired) electrons. The molecule has 0 spiro atoms. The van der Waals surface area contributed by atoms with Gasteiger partial charge in [0.1, 0.15) is 5.75 Å². The Bertz CT molecular complexity index is 560. The van der Waals surface area contributed by atoms with Crippen molar-refractivity contribution in [3.63, 3.8) is 0 Å². The lowest BCUT2D eigenvalue weighted by Gasteiger charge is -2.17. The first-order valence-electron chi connectivity index (χ1n) is 7.39. The summed E-state index contributed by atoms with van der Waals surface area (Å²) in [4.78, 5) is 23.4. The Labute approximate surface area is 130 Å². The van der Waals surface area contributed by atoms with Gasteiger partial charge in [0, 0.05) is 12.5 Å². The van der Waals surface area contributed by atoms with E-state index >= 15 is 0 Å². The predicted octanol–water partition coefficient (Wildman–Crippen LogP) is 2.02. The standard InChI is InChI=1S/C17H21NO4/c1-22-15-9-5-4-8-13(15)10-14(17(20)21)11-18-16(19)12-6-2-3-7-12/h2-5,8-9,12,14H,6-7,10-11H2,1H3,(H,18,19)(H,20,21)/t14-/m0/s1. The van der Waals surface area contributed by atoms with E-state index in [0.29, 0.717) is 12.2 Å². The van der Waals surface area contributed by atoms with E-state index in [1.54, 1.807) is 13.2 Å². The summed E-state index contributed by atoms with van der Waals surface area (Å²) in [7, 11) is 1.56. The first-order chi connectivity index (χ1) is 10.6. The van der Waals surface area contributed by atoms with Gasteiger partial charge in [-0.2, -0.15) is 0 Å². The van der Waals surface area contributed by atoms with Gasteiger partial charge in [0.2, 0.25) is 5.91 Å². The number of hydrogen-bond donors (Lipinski definition) is 2. The second-order valence-corrected chi connectivity index (χ2v) is 5.44. The van der Waals surface area contributed by atoms with Gasteiger partial charge in [-0.15, -0.1) is 0 Å². The van der Waals surface area contributed by atoms with E-state index in [1.807, 2.05) is 30.4 Å². The number of allylic oxidation sites excluding steroid dienone is 2. The number of benzene rings is 1. The molecular weight excluding hydrogens is 282 g/mol. The first-order valence-corrected chi connectivity index (χ1v) is 7.39. The highest BCUT2D eigenvalue weighted by molar-refractivity contribution is 5.80. The summed E-state index contributed by atoms with van der Waals surface area (Å²) in [6.07, 6.45) is 5.75. The number of ether oxygens (including phenoxy) is 1. The van der Waals surface area contributed by atoms with Crippen molar-refractivity contribution in [3.8, 4) is 5.75 Å². The number of rotatable bonds is 7. The molecule has 118 valence electrons. The highest BCUT2D eigenvalue weighted by atomic mass is 16.5. The first kappa shape index (κ1) is 16.1. The summed E-state index contributed by atoms with van der Waals surface area (Å²) >= 11 is 0. The molecule has 1 aliphatic rings. The van der Waals surface area contributed by atoms with E-state index in [4.69, 9.17) is 4.74 Å². The topological polar surface area (TPSA) is 75.6 Å². The highest BCUT2D eigenvalue weighted by Crippen LogP contribution is 2.21. The second-order valence-electron chi connectivity index (χ2n) is 5.44. The average Bonchev–Trinajstić information content (AvgIpc) is 3.05. The van der Waals surface area contributed by atoms with Crippen molar-refractivity contribution >= 4 is 11.9 Å². The van der Waals surface area contributed by atoms with Crippen LogP contribution in [0.3, 0.4) is 0 Å². The Morgan fingerprint density at radius 2 is 2.00 bits per heavy atom. The zero-order valence-electron chi connectivity index (χ0n) is 12.6. The Hall–Kier alpha value is -2.30. The summed E-state index contributed by atoms with van der Waals surface area (Å²) < 4.78 is 5.24. The minimum atomic E-state index is -0.921. The van der Waals surface area contributed by atoms with Crippen LogP contribution in [0.4, 0.5) is 0 Å². The van der Waals surface area contributed by atoms with Gasteiger partial charge in [-0.1, -0.05) is 30.4 Å². The van der Waals surface area contributed by atoms with Crippen LogP contribution in [0.5, 0.6) is 5.75 Å². The average molecular weight is 303 g/mol. The molecule has 22 heavy (non-hydrogen) atoms. The summed E-state index contributed by atoms with van der Waals surface area (Å²) in [5.41, 5.74) is 0.828. The van der Waals surface area contributed by atoms with Crippen molar-refractivity contribution in [3.05, 3.63) is 42.0 Å². The molecule has 0 aliphatic heterocycles. The van der Waals surface area contributed by atoms with E-state index in [9.17, 15) is 14.7 Å². The normalized spacial score (nSPS) is 15.5. The van der Waals surface area contributed by atoms with Gasteiger partial charge in [0.25, 0.3) is 0 Å². The molecule has 2 rings (SSSR count). The molecule has 5 nitrogen and oxygen atoms in total. The van der Waals surface area contributed by atoms with Crippen LogP contribution in [0.25, 0.3) is 0 Å². The maximum Gasteiger partial charge on any atom is 0.308 e. The third kappa shape index (κ3) is 4.10. The van der Waals surface area contributed by atoms with Gasteiger partial charge in [-0.05, 0) is 30.9 Å². The Kier molecular flexibility index (Phi) is 5.58. The van der Waals surface area contributed by atoms with Gasteiger partial charge in [-0.25, -0.2) is 0 Å². The second kappa shape index (κ2) is 7.64. The number of amides is 1. The van der Waals surface area contributed by atoms with Crippen molar-refractivity contribution in [2.75, 3.05) is 13.7 Å². The minimum absolute atomic E-state index is 0.0549. The molecule has 0 saturated heterocycles. The number of aliphatic carboxylic acids is 1. The molecule has 1 aromatic carbocycles. The summed E-state index contributed by atoms with van der Waals surface area (Å²) in [6, 6.07) is 7.33. The minimum Gasteiger partial charge on any atom is -0.496 e. The quantitative estimate of drug-likeness (QED) is 0.756. The molecule has 0 aromatic heterocycles. The van der Waals surface area contributed by atoms with E-state index in [1.165, 1.54) is 0 Å². The van der Waals surface area contributed by atoms with Crippen molar-refractivity contribution in [2.24, 2.45) is 11.8 Å². The molecule has 1 amide bonds. The predicted molar refractivity (Wildman–Crippen MR) is 82.7 cm³/mol. The monoisotopic (exact) mass is 303 g/mol. The Morgan fingerprint density at radius 3 is 2.64 bits per heavy atom. The van der Waals surface area contributed by atoms with Crippen LogP contribution in [0.2, 0.25) is 0 Å². The van der Waals surface area contributed by atoms with Crippen molar-refractivity contribution in [1.82, 2.24) is 5.32 Å². The molecule has 0 saturated carbocycles. The summed E-state index contributed by atoms with van der Waals surface area (Å²) in [5, 5.41) is 12.1. The van der Waals surface area contributed by atoms with Crippen LogP contribution < -0.4 is 10.1 Å². The third-order valence-electron chi connectivity index (χ3n) is 3.91. The van der Waals surface area contributed by atoms with Crippen LogP contribution in [-0.4, -0.2) is 30.6 Å². The van der Waals surface area contributed by atoms with Gasteiger partial charge in [0.05, 0.1) is 13.0 Å². The number of carbonyl (C=O) groups is 2. The fourth-order valence-corrected chi connectivity index (χ4v) is 2.58. The lowest BCUT2D eigenvalue weighted by molar-refractivity contribution is -0.141. The van der Waals surface area contributed by atoms with Crippen molar-refractivity contribution in [2.45, 2.75) is 19.3 Å².